The van der Waals surface area contributed by atoms with Gasteiger partial charge >= 0.3 is 0 Å². The van der Waals surface area contributed by atoms with Crippen molar-refractivity contribution in [3.63, 3.8) is 0 Å². The molecule has 1 aromatic carbocycles. The molecule has 0 fully saturated rings. The van der Waals surface area contributed by atoms with E-state index in [9.17, 15) is 4.39 Å². The van der Waals surface area contributed by atoms with E-state index >= 15 is 0 Å². The van der Waals surface area contributed by atoms with E-state index < -0.39 is 0 Å². The maximum Gasteiger partial charge on any atom is 0.123 e. The Morgan fingerprint density at radius 2 is 1.89 bits per heavy atom. The Morgan fingerprint density at radius 1 is 1.16 bits per heavy atom. The van der Waals surface area contributed by atoms with Crippen LogP contribution in [0.15, 0.2) is 24.3 Å². The van der Waals surface area contributed by atoms with Crippen LogP contribution in [-0.2, 0) is 0 Å². The van der Waals surface area contributed by atoms with Crippen LogP contribution in [0.5, 0.6) is 0 Å². The summed E-state index contributed by atoms with van der Waals surface area (Å²) >= 11 is 0. The number of halogens is 1. The van der Waals surface area contributed by atoms with Crippen LogP contribution < -0.4 is 5.32 Å². The highest BCUT2D eigenvalue weighted by Crippen LogP contribution is 2.27. The van der Waals surface area contributed by atoms with E-state index in [1.54, 1.807) is 6.07 Å². The molecular weight excluding hydrogens is 237 g/mol. The SMILES string of the molecule is CCCC(C)C(CNCC(C)C)c1cccc(F)c1. The molecule has 0 aliphatic heterocycles. The molecule has 0 spiro atoms. The average Bonchev–Trinajstić information content (AvgIpc) is 2.34. The first-order valence-electron chi connectivity index (χ1n) is 7.50. The number of hydrogen-bond acceptors (Lipinski definition) is 1. The van der Waals surface area contributed by atoms with Crippen molar-refractivity contribution < 1.29 is 4.39 Å². The van der Waals surface area contributed by atoms with Gasteiger partial charge in [0.05, 0.1) is 0 Å². The lowest BCUT2D eigenvalue weighted by Gasteiger charge is -2.25. The first-order chi connectivity index (χ1) is 9.04. The van der Waals surface area contributed by atoms with Crippen molar-refractivity contribution in [2.45, 2.75) is 46.5 Å². The standard InChI is InChI=1S/C17H28FN/c1-5-7-14(4)17(12-19-11-13(2)3)15-8-6-9-16(18)10-15/h6,8-10,13-14,17,19H,5,7,11-12H2,1-4H3. The summed E-state index contributed by atoms with van der Waals surface area (Å²) in [5, 5.41) is 3.52. The zero-order valence-electron chi connectivity index (χ0n) is 12.7. The van der Waals surface area contributed by atoms with E-state index in [2.05, 4.69) is 39.1 Å². The van der Waals surface area contributed by atoms with Crippen LogP contribution in [0, 0.1) is 17.7 Å². The molecule has 0 amide bonds. The summed E-state index contributed by atoms with van der Waals surface area (Å²) in [4.78, 5) is 0. The van der Waals surface area contributed by atoms with Crippen molar-refractivity contribution in [1.29, 1.82) is 0 Å². The summed E-state index contributed by atoms with van der Waals surface area (Å²) in [6.07, 6.45) is 2.36. The first-order valence-corrected chi connectivity index (χ1v) is 7.50. The van der Waals surface area contributed by atoms with Gasteiger partial charge in [0.25, 0.3) is 0 Å². The third kappa shape index (κ3) is 5.73. The molecular formula is C17H28FN. The Hall–Kier alpha value is -0.890. The second-order valence-electron chi connectivity index (χ2n) is 5.98. The van der Waals surface area contributed by atoms with Gasteiger partial charge in [0.15, 0.2) is 0 Å². The second-order valence-corrected chi connectivity index (χ2v) is 5.98. The van der Waals surface area contributed by atoms with Crippen molar-refractivity contribution in [1.82, 2.24) is 5.32 Å². The predicted octanol–water partition coefficient (Wildman–Crippen LogP) is 4.59. The van der Waals surface area contributed by atoms with Crippen LogP contribution in [0.4, 0.5) is 4.39 Å². The van der Waals surface area contributed by atoms with Crippen molar-refractivity contribution in [3.05, 3.63) is 35.6 Å². The van der Waals surface area contributed by atoms with Crippen molar-refractivity contribution in [2.24, 2.45) is 11.8 Å². The van der Waals surface area contributed by atoms with Gasteiger partial charge in [0.1, 0.15) is 5.82 Å². The lowest BCUT2D eigenvalue weighted by atomic mass is 9.84. The molecule has 1 aromatic rings. The van der Waals surface area contributed by atoms with Crippen LogP contribution in [0.25, 0.3) is 0 Å². The Kier molecular flexibility index (Phi) is 7.07. The Morgan fingerprint density at radius 3 is 2.47 bits per heavy atom. The number of nitrogens with one attached hydrogen (secondary N) is 1. The lowest BCUT2D eigenvalue weighted by Crippen LogP contribution is -2.28. The van der Waals surface area contributed by atoms with E-state index in [1.807, 2.05) is 6.07 Å². The molecule has 2 unspecified atom stereocenters. The summed E-state index contributed by atoms with van der Waals surface area (Å²) in [6.45, 7) is 10.9. The quantitative estimate of drug-likeness (QED) is 0.725. The molecule has 1 N–H and O–H groups in total. The predicted molar refractivity (Wildman–Crippen MR) is 80.9 cm³/mol. The molecule has 1 nitrogen and oxygen atoms in total. The smallest absolute Gasteiger partial charge is 0.123 e. The van der Waals surface area contributed by atoms with Crippen LogP contribution in [0.3, 0.4) is 0 Å². The minimum absolute atomic E-state index is 0.130. The maximum atomic E-state index is 13.4. The fraction of sp³-hybridized carbons (Fsp3) is 0.647. The molecule has 0 aliphatic rings. The number of benzene rings is 1. The van der Waals surface area contributed by atoms with Crippen molar-refractivity contribution in [2.75, 3.05) is 13.1 Å². The molecule has 0 radical (unpaired) electrons. The minimum Gasteiger partial charge on any atom is -0.316 e. The molecule has 0 aliphatic carbocycles. The largest absolute Gasteiger partial charge is 0.316 e. The Bertz CT molecular complexity index is 362. The maximum absolute atomic E-state index is 13.4. The van der Waals surface area contributed by atoms with E-state index in [0.29, 0.717) is 17.8 Å². The molecule has 0 saturated heterocycles. The lowest BCUT2D eigenvalue weighted by molar-refractivity contribution is 0.393. The van der Waals surface area contributed by atoms with Crippen LogP contribution in [-0.4, -0.2) is 13.1 Å². The summed E-state index contributed by atoms with van der Waals surface area (Å²) < 4.78 is 13.4. The summed E-state index contributed by atoms with van der Waals surface area (Å²) in [6, 6.07) is 7.08. The molecule has 0 saturated carbocycles. The second kappa shape index (κ2) is 8.31. The van der Waals surface area contributed by atoms with E-state index in [0.717, 1.165) is 18.7 Å². The molecule has 0 heterocycles. The zero-order chi connectivity index (χ0) is 14.3. The molecule has 19 heavy (non-hydrogen) atoms. The highest BCUT2D eigenvalue weighted by atomic mass is 19.1. The highest BCUT2D eigenvalue weighted by molar-refractivity contribution is 5.21. The molecule has 108 valence electrons. The molecule has 0 aromatic heterocycles. The van der Waals surface area contributed by atoms with Gasteiger partial charge in [-0.2, -0.15) is 0 Å². The zero-order valence-corrected chi connectivity index (χ0v) is 12.7. The third-order valence-electron chi connectivity index (χ3n) is 3.62. The normalized spacial score (nSPS) is 14.6. The summed E-state index contributed by atoms with van der Waals surface area (Å²) in [5.41, 5.74) is 1.12. The van der Waals surface area contributed by atoms with E-state index in [1.165, 1.54) is 18.9 Å². The topological polar surface area (TPSA) is 12.0 Å². The highest BCUT2D eigenvalue weighted by Gasteiger charge is 2.19. The Labute approximate surface area is 117 Å². The van der Waals surface area contributed by atoms with E-state index in [4.69, 9.17) is 0 Å². The van der Waals surface area contributed by atoms with Crippen LogP contribution in [0.2, 0.25) is 0 Å². The molecule has 0 bridgehead atoms. The molecule has 2 heteroatoms. The average molecular weight is 265 g/mol. The van der Waals surface area contributed by atoms with Crippen molar-refractivity contribution >= 4 is 0 Å². The number of rotatable bonds is 8. The van der Waals surface area contributed by atoms with Gasteiger partial charge in [0, 0.05) is 6.54 Å². The monoisotopic (exact) mass is 265 g/mol. The number of hydrogen-bond donors (Lipinski definition) is 1. The summed E-state index contributed by atoms with van der Waals surface area (Å²) in [7, 11) is 0. The van der Waals surface area contributed by atoms with Crippen LogP contribution in [0.1, 0.15) is 52.0 Å². The Balaban J connectivity index is 2.73. The first kappa shape index (κ1) is 16.2. The van der Waals surface area contributed by atoms with E-state index in [-0.39, 0.29) is 5.82 Å². The van der Waals surface area contributed by atoms with Gasteiger partial charge in [0.2, 0.25) is 0 Å². The van der Waals surface area contributed by atoms with Crippen molar-refractivity contribution in [3.8, 4) is 0 Å². The van der Waals surface area contributed by atoms with Gasteiger partial charge in [-0.3, -0.25) is 0 Å². The van der Waals surface area contributed by atoms with Gasteiger partial charge in [-0.25, -0.2) is 4.39 Å². The van der Waals surface area contributed by atoms with Gasteiger partial charge in [-0.1, -0.05) is 52.7 Å². The fourth-order valence-electron chi connectivity index (χ4n) is 2.57. The minimum atomic E-state index is -0.130. The van der Waals surface area contributed by atoms with Gasteiger partial charge in [-0.15, -0.1) is 0 Å². The summed E-state index contributed by atoms with van der Waals surface area (Å²) in [5.74, 6) is 1.49. The molecule has 2 atom stereocenters. The van der Waals surface area contributed by atoms with Gasteiger partial charge in [-0.05, 0) is 42.0 Å². The molecule has 1 rings (SSSR count). The van der Waals surface area contributed by atoms with Gasteiger partial charge < -0.3 is 5.32 Å². The fourth-order valence-corrected chi connectivity index (χ4v) is 2.57. The third-order valence-corrected chi connectivity index (χ3v) is 3.62. The van der Waals surface area contributed by atoms with Crippen LogP contribution >= 0.6 is 0 Å².